The number of nitrogens with one attached hydrogen (secondary N) is 1. The first-order chi connectivity index (χ1) is 9.50. The van der Waals surface area contributed by atoms with Gasteiger partial charge in [0.2, 0.25) is 10.0 Å². The van der Waals surface area contributed by atoms with E-state index >= 15 is 0 Å². The molecule has 4 nitrogen and oxygen atoms in total. The number of aryl methyl sites for hydroxylation is 1. The Balaban J connectivity index is 2.28. The summed E-state index contributed by atoms with van der Waals surface area (Å²) in [6.45, 7) is 8.81. The molecule has 0 atom stereocenters. The maximum Gasteiger partial charge on any atom is 0.244 e. The van der Waals surface area contributed by atoms with Crippen LogP contribution in [-0.4, -0.2) is 31.9 Å². The maximum absolute atomic E-state index is 12.8. The van der Waals surface area contributed by atoms with Gasteiger partial charge in [0.05, 0.1) is 0 Å². The van der Waals surface area contributed by atoms with Gasteiger partial charge in [-0.3, -0.25) is 0 Å². The molecule has 0 radical (unpaired) electrons. The van der Waals surface area contributed by atoms with E-state index in [1.54, 1.807) is 6.08 Å². The minimum atomic E-state index is -3.43. The Kier molecular flexibility index (Phi) is 5.01. The van der Waals surface area contributed by atoms with Crippen LogP contribution < -0.4 is 5.32 Å². The lowest BCUT2D eigenvalue weighted by atomic mass is 10.3. The quantitative estimate of drug-likeness (QED) is 0.750. The summed E-state index contributed by atoms with van der Waals surface area (Å²) in [5.74, 6) is 0. The van der Waals surface area contributed by atoms with Crippen molar-refractivity contribution in [1.82, 2.24) is 9.62 Å². The zero-order chi connectivity index (χ0) is 14.8. The van der Waals surface area contributed by atoms with Crippen LogP contribution in [0.3, 0.4) is 0 Å². The van der Waals surface area contributed by atoms with Crippen molar-refractivity contribution in [3.8, 4) is 0 Å². The molecule has 1 aromatic heterocycles. The van der Waals surface area contributed by atoms with Gasteiger partial charge in [0, 0.05) is 30.6 Å². The Hall–Kier alpha value is -0.690. The topological polar surface area (TPSA) is 49.4 Å². The molecule has 0 aromatic carbocycles. The number of rotatable bonds is 8. The lowest BCUT2D eigenvalue weighted by Gasteiger charge is -2.20. The molecule has 0 amide bonds. The summed E-state index contributed by atoms with van der Waals surface area (Å²) in [5, 5.41) is 5.32. The van der Waals surface area contributed by atoms with E-state index in [-0.39, 0.29) is 0 Å². The summed E-state index contributed by atoms with van der Waals surface area (Å²) in [5.41, 5.74) is 0.838. The van der Waals surface area contributed by atoms with Crippen LogP contribution in [0.2, 0.25) is 0 Å². The van der Waals surface area contributed by atoms with E-state index in [1.165, 1.54) is 28.5 Å². The SMILES string of the molecule is C=CCN(CC)S(=O)(=O)c1c(C)csc1CNC1CC1. The number of hydrogen-bond acceptors (Lipinski definition) is 4. The predicted molar refractivity (Wildman–Crippen MR) is 83.5 cm³/mol. The lowest BCUT2D eigenvalue weighted by Crippen LogP contribution is -2.32. The fraction of sp³-hybridized carbons (Fsp3) is 0.571. The Morgan fingerprint density at radius 3 is 2.80 bits per heavy atom. The number of nitrogens with zero attached hydrogens (tertiary/aromatic N) is 1. The molecule has 0 unspecified atom stereocenters. The molecule has 1 aliphatic rings. The molecular weight excluding hydrogens is 292 g/mol. The van der Waals surface area contributed by atoms with Crippen LogP contribution in [0.4, 0.5) is 0 Å². The molecule has 0 bridgehead atoms. The molecule has 0 saturated heterocycles. The van der Waals surface area contributed by atoms with E-state index in [0.717, 1.165) is 10.4 Å². The van der Waals surface area contributed by atoms with Gasteiger partial charge in [-0.15, -0.1) is 17.9 Å². The van der Waals surface area contributed by atoms with E-state index < -0.39 is 10.0 Å². The number of sulfonamides is 1. The highest BCUT2D eigenvalue weighted by Gasteiger charge is 2.29. The standard InChI is InChI=1S/C14H22N2O2S2/c1-4-8-16(5-2)20(17,18)14-11(3)10-19-13(14)9-15-12-6-7-12/h4,10,12,15H,1,5-9H2,2-3H3. The van der Waals surface area contributed by atoms with Gasteiger partial charge < -0.3 is 5.32 Å². The second kappa shape index (κ2) is 6.39. The first-order valence-corrected chi connectivity index (χ1v) is 9.24. The maximum atomic E-state index is 12.8. The largest absolute Gasteiger partial charge is 0.309 e. The summed E-state index contributed by atoms with van der Waals surface area (Å²) >= 11 is 1.52. The van der Waals surface area contributed by atoms with Gasteiger partial charge in [-0.05, 0) is 30.7 Å². The number of likely N-dealkylation sites (N-methyl/N-ethyl adjacent to an activating group) is 1. The van der Waals surface area contributed by atoms with E-state index in [0.29, 0.717) is 30.6 Å². The van der Waals surface area contributed by atoms with Crippen LogP contribution in [0.15, 0.2) is 22.9 Å². The zero-order valence-electron chi connectivity index (χ0n) is 12.1. The molecule has 1 N–H and O–H groups in total. The molecule has 0 spiro atoms. The molecule has 1 heterocycles. The van der Waals surface area contributed by atoms with Gasteiger partial charge in [0.15, 0.2) is 0 Å². The normalized spacial score (nSPS) is 15.8. The van der Waals surface area contributed by atoms with Crippen molar-refractivity contribution in [2.45, 2.75) is 44.2 Å². The van der Waals surface area contributed by atoms with Crippen molar-refractivity contribution in [1.29, 1.82) is 0 Å². The van der Waals surface area contributed by atoms with E-state index in [4.69, 9.17) is 0 Å². The van der Waals surface area contributed by atoms with E-state index in [2.05, 4.69) is 11.9 Å². The smallest absolute Gasteiger partial charge is 0.244 e. The minimum absolute atomic E-state index is 0.351. The highest BCUT2D eigenvalue weighted by atomic mass is 32.2. The molecule has 6 heteroatoms. The summed E-state index contributed by atoms with van der Waals surface area (Å²) < 4.78 is 27.0. The van der Waals surface area contributed by atoms with Crippen LogP contribution in [-0.2, 0) is 16.6 Å². The van der Waals surface area contributed by atoms with Crippen molar-refractivity contribution in [3.63, 3.8) is 0 Å². The summed E-state index contributed by atoms with van der Waals surface area (Å²) in [4.78, 5) is 1.40. The van der Waals surface area contributed by atoms with Gasteiger partial charge in [0.25, 0.3) is 0 Å². The number of thiophene rings is 1. The van der Waals surface area contributed by atoms with Crippen LogP contribution >= 0.6 is 11.3 Å². The third-order valence-electron chi connectivity index (χ3n) is 3.40. The lowest BCUT2D eigenvalue weighted by molar-refractivity contribution is 0.458. The Bertz CT molecular complexity index is 574. The zero-order valence-corrected chi connectivity index (χ0v) is 13.7. The van der Waals surface area contributed by atoms with Crippen LogP contribution in [0.5, 0.6) is 0 Å². The molecule has 1 fully saturated rings. The minimum Gasteiger partial charge on any atom is -0.309 e. The van der Waals surface area contributed by atoms with E-state index in [9.17, 15) is 8.42 Å². The summed E-state index contributed by atoms with van der Waals surface area (Å²) in [6.07, 6.45) is 4.03. The second-order valence-corrected chi connectivity index (χ2v) is 7.91. The van der Waals surface area contributed by atoms with Crippen molar-refractivity contribution in [2.24, 2.45) is 0 Å². The van der Waals surface area contributed by atoms with Gasteiger partial charge in [-0.1, -0.05) is 13.0 Å². The van der Waals surface area contributed by atoms with Gasteiger partial charge in [0.1, 0.15) is 4.90 Å². The first-order valence-electron chi connectivity index (χ1n) is 6.92. The molecule has 20 heavy (non-hydrogen) atoms. The number of hydrogen-bond donors (Lipinski definition) is 1. The van der Waals surface area contributed by atoms with Crippen molar-refractivity contribution in [3.05, 3.63) is 28.5 Å². The van der Waals surface area contributed by atoms with Crippen LogP contribution in [0.25, 0.3) is 0 Å². The summed E-state index contributed by atoms with van der Waals surface area (Å²) in [6, 6.07) is 0.573. The Morgan fingerprint density at radius 2 is 2.25 bits per heavy atom. The molecule has 112 valence electrons. The monoisotopic (exact) mass is 314 g/mol. The molecule has 1 saturated carbocycles. The van der Waals surface area contributed by atoms with Crippen molar-refractivity contribution >= 4 is 21.4 Å². The highest BCUT2D eigenvalue weighted by molar-refractivity contribution is 7.89. The van der Waals surface area contributed by atoms with Crippen LogP contribution in [0, 0.1) is 6.92 Å². The molecule has 2 rings (SSSR count). The molecular formula is C14H22N2O2S2. The third-order valence-corrected chi connectivity index (χ3v) is 6.81. The van der Waals surface area contributed by atoms with Gasteiger partial charge >= 0.3 is 0 Å². The fourth-order valence-electron chi connectivity index (χ4n) is 2.15. The highest BCUT2D eigenvalue weighted by Crippen LogP contribution is 2.30. The fourth-order valence-corrected chi connectivity index (χ4v) is 5.28. The average Bonchev–Trinajstić information content (AvgIpc) is 3.15. The Labute approximate surface area is 125 Å². The average molecular weight is 314 g/mol. The van der Waals surface area contributed by atoms with Crippen molar-refractivity contribution in [2.75, 3.05) is 13.1 Å². The third kappa shape index (κ3) is 3.31. The summed E-state index contributed by atoms with van der Waals surface area (Å²) in [7, 11) is -3.43. The molecule has 1 aliphatic carbocycles. The predicted octanol–water partition coefficient (Wildman–Crippen LogP) is 2.51. The van der Waals surface area contributed by atoms with Gasteiger partial charge in [-0.25, -0.2) is 8.42 Å². The molecule has 1 aromatic rings. The van der Waals surface area contributed by atoms with Crippen molar-refractivity contribution < 1.29 is 8.42 Å². The van der Waals surface area contributed by atoms with Crippen LogP contribution in [0.1, 0.15) is 30.2 Å². The first kappa shape index (κ1) is 15.7. The van der Waals surface area contributed by atoms with E-state index in [1.807, 2.05) is 19.2 Å². The molecule has 0 aliphatic heterocycles. The Morgan fingerprint density at radius 1 is 1.55 bits per heavy atom. The second-order valence-electron chi connectivity index (χ2n) is 5.07. The van der Waals surface area contributed by atoms with Gasteiger partial charge in [-0.2, -0.15) is 4.31 Å².